The molecule has 0 atom stereocenters. The summed E-state index contributed by atoms with van der Waals surface area (Å²) in [5.74, 6) is 1.04. The van der Waals surface area contributed by atoms with Crippen molar-refractivity contribution in [1.82, 2.24) is 0 Å². The Labute approximate surface area is 163 Å². The van der Waals surface area contributed by atoms with Gasteiger partial charge in [0.15, 0.2) is 0 Å². The first-order valence-corrected chi connectivity index (χ1v) is 10.7. The van der Waals surface area contributed by atoms with Gasteiger partial charge in [-0.05, 0) is 54.7 Å². The summed E-state index contributed by atoms with van der Waals surface area (Å²) in [5.41, 5.74) is 3.17. The van der Waals surface area contributed by atoms with Gasteiger partial charge in [-0.3, -0.25) is 0 Å². The summed E-state index contributed by atoms with van der Waals surface area (Å²) >= 11 is 0. The normalized spacial score (nSPS) is 12.3. The maximum Gasteiger partial charge on any atom is 0.142 e. The van der Waals surface area contributed by atoms with Crippen LogP contribution < -0.4 is 9.64 Å². The van der Waals surface area contributed by atoms with Gasteiger partial charge >= 0.3 is 0 Å². The standard InChI is InChI=1S/C24H43NO/c1-9-12-16-25(17-13-10-2)21-18-20(14-15-22(21)26-11-3)24(7,8)19-23(4,5)6/h14-15,18H,9-13,16-17,19H2,1-8H3. The Kier molecular flexibility index (Phi) is 9.00. The fraction of sp³-hybridized carbons (Fsp3) is 0.750. The van der Waals surface area contributed by atoms with Crippen LogP contribution in [0.1, 0.15) is 93.1 Å². The van der Waals surface area contributed by atoms with Crippen LogP contribution in [-0.2, 0) is 5.41 Å². The highest BCUT2D eigenvalue weighted by atomic mass is 16.5. The Morgan fingerprint density at radius 1 is 0.885 bits per heavy atom. The summed E-state index contributed by atoms with van der Waals surface area (Å²) in [7, 11) is 0. The average Bonchev–Trinajstić information content (AvgIpc) is 2.53. The summed E-state index contributed by atoms with van der Waals surface area (Å²) in [6.07, 6.45) is 6.07. The Morgan fingerprint density at radius 2 is 1.46 bits per heavy atom. The molecule has 0 saturated carbocycles. The second-order valence-corrected chi connectivity index (χ2v) is 9.43. The van der Waals surface area contributed by atoms with Crippen LogP contribution in [0.3, 0.4) is 0 Å². The number of hydrogen-bond donors (Lipinski definition) is 0. The van der Waals surface area contributed by atoms with Crippen LogP contribution in [0.25, 0.3) is 0 Å². The Bertz CT molecular complexity index is 520. The second-order valence-electron chi connectivity index (χ2n) is 9.43. The highest BCUT2D eigenvalue weighted by Gasteiger charge is 2.28. The minimum absolute atomic E-state index is 0.152. The van der Waals surface area contributed by atoms with Gasteiger partial charge in [0.1, 0.15) is 5.75 Å². The highest BCUT2D eigenvalue weighted by molar-refractivity contribution is 5.61. The first-order chi connectivity index (χ1) is 12.1. The quantitative estimate of drug-likeness (QED) is 0.413. The summed E-state index contributed by atoms with van der Waals surface area (Å²) < 4.78 is 6.00. The molecule has 1 aromatic carbocycles. The maximum absolute atomic E-state index is 6.00. The molecule has 0 aromatic heterocycles. The number of rotatable bonds is 11. The van der Waals surface area contributed by atoms with Crippen molar-refractivity contribution < 1.29 is 4.74 Å². The van der Waals surface area contributed by atoms with Crippen LogP contribution in [0.4, 0.5) is 5.69 Å². The molecule has 0 fully saturated rings. The molecule has 0 spiro atoms. The molecule has 2 heteroatoms. The van der Waals surface area contributed by atoms with E-state index in [0.717, 1.165) is 25.3 Å². The monoisotopic (exact) mass is 361 g/mol. The number of anilines is 1. The summed E-state index contributed by atoms with van der Waals surface area (Å²) in [6.45, 7) is 21.3. The van der Waals surface area contributed by atoms with Crippen LogP contribution in [0.2, 0.25) is 0 Å². The van der Waals surface area contributed by atoms with Gasteiger partial charge in [-0.25, -0.2) is 0 Å². The molecule has 1 aromatic rings. The van der Waals surface area contributed by atoms with Gasteiger partial charge in [0, 0.05) is 13.1 Å². The smallest absolute Gasteiger partial charge is 0.142 e. The topological polar surface area (TPSA) is 12.5 Å². The van der Waals surface area contributed by atoms with Crippen molar-refractivity contribution in [3.05, 3.63) is 23.8 Å². The van der Waals surface area contributed by atoms with E-state index in [9.17, 15) is 0 Å². The van der Waals surface area contributed by atoms with Crippen molar-refractivity contribution in [3.63, 3.8) is 0 Å². The molecule has 1 rings (SSSR count). The Balaban J connectivity index is 3.27. The SMILES string of the molecule is CCCCN(CCCC)c1cc(C(C)(C)CC(C)(C)C)ccc1OCC. The van der Waals surface area contributed by atoms with Gasteiger partial charge in [0.05, 0.1) is 12.3 Å². The molecule has 0 radical (unpaired) electrons. The van der Waals surface area contributed by atoms with E-state index in [1.165, 1.54) is 36.9 Å². The van der Waals surface area contributed by atoms with Crippen LogP contribution in [0.15, 0.2) is 18.2 Å². The predicted molar refractivity (Wildman–Crippen MR) is 117 cm³/mol. The predicted octanol–water partition coefficient (Wildman–Crippen LogP) is 7.21. The first kappa shape index (κ1) is 22.9. The van der Waals surface area contributed by atoms with Gasteiger partial charge in [0.25, 0.3) is 0 Å². The fourth-order valence-corrected chi connectivity index (χ4v) is 3.94. The van der Waals surface area contributed by atoms with Crippen LogP contribution in [0.5, 0.6) is 5.75 Å². The highest BCUT2D eigenvalue weighted by Crippen LogP contribution is 2.40. The van der Waals surface area contributed by atoms with Crippen molar-refractivity contribution in [1.29, 1.82) is 0 Å². The molecule has 0 aliphatic heterocycles. The van der Waals surface area contributed by atoms with Crippen LogP contribution >= 0.6 is 0 Å². The van der Waals surface area contributed by atoms with Crippen molar-refractivity contribution >= 4 is 5.69 Å². The third-order valence-corrected chi connectivity index (χ3v) is 4.92. The summed E-state index contributed by atoms with van der Waals surface area (Å²) in [5, 5.41) is 0. The van der Waals surface area contributed by atoms with E-state index in [-0.39, 0.29) is 5.41 Å². The van der Waals surface area contributed by atoms with Crippen molar-refractivity contribution in [2.75, 3.05) is 24.6 Å². The number of benzene rings is 1. The van der Waals surface area contributed by atoms with Gasteiger partial charge in [-0.1, -0.05) is 67.4 Å². The van der Waals surface area contributed by atoms with Gasteiger partial charge in [0.2, 0.25) is 0 Å². The number of unbranched alkanes of at least 4 members (excludes halogenated alkanes) is 2. The Morgan fingerprint density at radius 3 is 1.92 bits per heavy atom. The second kappa shape index (κ2) is 10.2. The third-order valence-electron chi connectivity index (χ3n) is 4.92. The molecule has 0 aliphatic carbocycles. The van der Waals surface area contributed by atoms with Gasteiger partial charge in [-0.2, -0.15) is 0 Å². The third kappa shape index (κ3) is 7.21. The summed E-state index contributed by atoms with van der Waals surface area (Å²) in [6, 6.07) is 6.88. The fourth-order valence-electron chi connectivity index (χ4n) is 3.94. The number of ether oxygens (including phenoxy) is 1. The van der Waals surface area contributed by atoms with E-state index in [4.69, 9.17) is 4.74 Å². The molecule has 0 saturated heterocycles. The van der Waals surface area contributed by atoms with Gasteiger partial charge < -0.3 is 9.64 Å². The van der Waals surface area contributed by atoms with E-state index in [0.29, 0.717) is 12.0 Å². The Hall–Kier alpha value is -1.18. The van der Waals surface area contributed by atoms with Crippen LogP contribution in [-0.4, -0.2) is 19.7 Å². The largest absolute Gasteiger partial charge is 0.492 e. The molecule has 0 aliphatic rings. The van der Waals surface area contributed by atoms with E-state index < -0.39 is 0 Å². The molecule has 0 unspecified atom stereocenters. The molecule has 0 heterocycles. The summed E-state index contributed by atoms with van der Waals surface area (Å²) in [4.78, 5) is 2.55. The lowest BCUT2D eigenvalue weighted by atomic mass is 9.72. The minimum atomic E-state index is 0.152. The minimum Gasteiger partial charge on any atom is -0.492 e. The first-order valence-electron chi connectivity index (χ1n) is 10.7. The lowest BCUT2D eigenvalue weighted by molar-refractivity contribution is 0.283. The van der Waals surface area contributed by atoms with Crippen molar-refractivity contribution in [2.45, 2.75) is 92.9 Å². The van der Waals surface area contributed by atoms with E-state index in [1.54, 1.807) is 0 Å². The van der Waals surface area contributed by atoms with E-state index >= 15 is 0 Å². The molecule has 2 nitrogen and oxygen atoms in total. The van der Waals surface area contributed by atoms with Crippen molar-refractivity contribution in [3.8, 4) is 5.75 Å². The average molecular weight is 362 g/mol. The lowest BCUT2D eigenvalue weighted by Crippen LogP contribution is -2.28. The van der Waals surface area contributed by atoms with E-state index in [1.807, 2.05) is 0 Å². The number of hydrogen-bond acceptors (Lipinski definition) is 2. The molecular weight excluding hydrogens is 318 g/mol. The molecule has 0 amide bonds. The number of nitrogens with zero attached hydrogens (tertiary/aromatic N) is 1. The zero-order chi connectivity index (χ0) is 19.8. The lowest BCUT2D eigenvalue weighted by Gasteiger charge is -2.35. The molecule has 0 bridgehead atoms. The molecule has 150 valence electrons. The van der Waals surface area contributed by atoms with Gasteiger partial charge in [-0.15, -0.1) is 0 Å². The zero-order valence-electron chi connectivity index (χ0n) is 18.7. The maximum atomic E-state index is 6.00. The van der Waals surface area contributed by atoms with Crippen LogP contribution in [0, 0.1) is 5.41 Å². The van der Waals surface area contributed by atoms with E-state index in [2.05, 4.69) is 78.5 Å². The molecular formula is C24H43NO. The molecule has 26 heavy (non-hydrogen) atoms. The molecule has 0 N–H and O–H groups in total. The van der Waals surface area contributed by atoms with Crippen molar-refractivity contribution in [2.24, 2.45) is 5.41 Å². The zero-order valence-corrected chi connectivity index (χ0v) is 18.7.